The standard InChI is InChI=1S/C10H15N3O5/c1-11-5-8(14)9(15)6-3-7(13(16)17)10(18-2)12-4-6/h3-4,8-9,11,14-15H,5H2,1-2H3. The number of hydrogen-bond donors (Lipinski definition) is 3. The minimum absolute atomic E-state index is 0.140. The molecule has 0 fully saturated rings. The predicted molar refractivity (Wildman–Crippen MR) is 62.3 cm³/mol. The summed E-state index contributed by atoms with van der Waals surface area (Å²) >= 11 is 0. The first-order chi connectivity index (χ1) is 8.51. The van der Waals surface area contributed by atoms with E-state index in [9.17, 15) is 20.3 Å². The highest BCUT2D eigenvalue weighted by molar-refractivity contribution is 5.43. The Bertz CT molecular complexity index is 426. The molecule has 0 radical (unpaired) electrons. The van der Waals surface area contributed by atoms with Crippen LogP contribution >= 0.6 is 0 Å². The average molecular weight is 257 g/mol. The van der Waals surface area contributed by atoms with E-state index in [1.54, 1.807) is 7.05 Å². The van der Waals surface area contributed by atoms with E-state index in [-0.39, 0.29) is 23.7 Å². The lowest BCUT2D eigenvalue weighted by Crippen LogP contribution is -2.29. The first-order valence-corrected chi connectivity index (χ1v) is 5.20. The maximum Gasteiger partial charge on any atom is 0.331 e. The summed E-state index contributed by atoms with van der Waals surface area (Å²) in [5.74, 6) is -0.140. The average Bonchev–Trinajstić information content (AvgIpc) is 2.37. The molecular weight excluding hydrogens is 242 g/mol. The van der Waals surface area contributed by atoms with Gasteiger partial charge in [0, 0.05) is 24.4 Å². The summed E-state index contributed by atoms with van der Waals surface area (Å²) in [5.41, 5.74) is -0.198. The number of methoxy groups -OCH3 is 1. The molecule has 2 atom stereocenters. The SMILES string of the molecule is CNCC(O)C(O)c1cnc(OC)c([N+](=O)[O-])c1. The molecule has 0 aliphatic heterocycles. The largest absolute Gasteiger partial charge is 0.476 e. The van der Waals surface area contributed by atoms with Gasteiger partial charge >= 0.3 is 5.69 Å². The van der Waals surface area contributed by atoms with Crippen molar-refractivity contribution in [3.05, 3.63) is 27.9 Å². The van der Waals surface area contributed by atoms with Gasteiger partial charge in [0.05, 0.1) is 18.1 Å². The minimum Gasteiger partial charge on any atom is -0.476 e. The van der Waals surface area contributed by atoms with Crippen LogP contribution in [0.5, 0.6) is 5.88 Å². The highest BCUT2D eigenvalue weighted by atomic mass is 16.6. The van der Waals surface area contributed by atoms with E-state index in [1.165, 1.54) is 13.3 Å². The fourth-order valence-electron chi connectivity index (χ4n) is 1.45. The van der Waals surface area contributed by atoms with Crippen molar-refractivity contribution in [2.45, 2.75) is 12.2 Å². The van der Waals surface area contributed by atoms with Gasteiger partial charge in [-0.1, -0.05) is 0 Å². The molecule has 8 nitrogen and oxygen atoms in total. The molecule has 0 aliphatic carbocycles. The van der Waals surface area contributed by atoms with E-state index < -0.39 is 17.1 Å². The summed E-state index contributed by atoms with van der Waals surface area (Å²) in [7, 11) is 2.88. The zero-order valence-corrected chi connectivity index (χ0v) is 10.0. The van der Waals surface area contributed by atoms with Gasteiger partial charge in [0.25, 0.3) is 5.88 Å². The summed E-state index contributed by atoms with van der Waals surface area (Å²) in [4.78, 5) is 13.8. The third-order valence-corrected chi connectivity index (χ3v) is 2.36. The number of likely N-dealkylation sites (N-methyl/N-ethyl adjacent to an activating group) is 1. The summed E-state index contributed by atoms with van der Waals surface area (Å²) in [6.45, 7) is 0.154. The first-order valence-electron chi connectivity index (χ1n) is 5.20. The monoisotopic (exact) mass is 257 g/mol. The fourth-order valence-corrected chi connectivity index (χ4v) is 1.45. The Balaban J connectivity index is 3.04. The second-order valence-corrected chi connectivity index (χ2v) is 3.62. The topological polar surface area (TPSA) is 118 Å². The van der Waals surface area contributed by atoms with Crippen LogP contribution in [0.3, 0.4) is 0 Å². The Morgan fingerprint density at radius 2 is 2.28 bits per heavy atom. The van der Waals surface area contributed by atoms with Crippen molar-refractivity contribution < 1.29 is 19.9 Å². The molecule has 0 aromatic carbocycles. The van der Waals surface area contributed by atoms with Crippen molar-refractivity contribution in [1.29, 1.82) is 0 Å². The molecule has 1 rings (SSSR count). The molecule has 0 saturated heterocycles. The first kappa shape index (κ1) is 14.3. The predicted octanol–water partition coefficient (Wildman–Crippen LogP) is -0.388. The van der Waals surface area contributed by atoms with Gasteiger partial charge in [-0.25, -0.2) is 4.98 Å². The van der Waals surface area contributed by atoms with E-state index in [4.69, 9.17) is 4.74 Å². The van der Waals surface area contributed by atoms with Gasteiger partial charge in [-0.05, 0) is 7.05 Å². The van der Waals surface area contributed by atoms with Gasteiger partial charge in [-0.15, -0.1) is 0 Å². The number of ether oxygens (including phenoxy) is 1. The van der Waals surface area contributed by atoms with Crippen LogP contribution in [-0.4, -0.2) is 46.9 Å². The highest BCUT2D eigenvalue weighted by Gasteiger charge is 2.23. The lowest BCUT2D eigenvalue weighted by molar-refractivity contribution is -0.386. The molecule has 2 unspecified atom stereocenters. The summed E-state index contributed by atoms with van der Waals surface area (Å²) < 4.78 is 4.74. The van der Waals surface area contributed by atoms with Crippen LogP contribution in [0.4, 0.5) is 5.69 Å². The Kier molecular flexibility index (Phi) is 4.95. The Morgan fingerprint density at radius 3 is 2.78 bits per heavy atom. The molecule has 0 spiro atoms. The van der Waals surface area contributed by atoms with Crippen LogP contribution in [0.2, 0.25) is 0 Å². The van der Waals surface area contributed by atoms with Crippen LogP contribution in [-0.2, 0) is 0 Å². The lowest BCUT2D eigenvalue weighted by atomic mass is 10.1. The van der Waals surface area contributed by atoms with Crippen LogP contribution in [0, 0.1) is 10.1 Å². The quantitative estimate of drug-likeness (QED) is 0.469. The molecule has 3 N–H and O–H groups in total. The zero-order valence-electron chi connectivity index (χ0n) is 10.0. The van der Waals surface area contributed by atoms with Crippen molar-refractivity contribution in [3.8, 4) is 5.88 Å². The fraction of sp³-hybridized carbons (Fsp3) is 0.500. The Morgan fingerprint density at radius 1 is 1.61 bits per heavy atom. The van der Waals surface area contributed by atoms with Crippen LogP contribution in [0.25, 0.3) is 0 Å². The van der Waals surface area contributed by atoms with Gasteiger partial charge in [-0.2, -0.15) is 0 Å². The van der Waals surface area contributed by atoms with Crippen molar-refractivity contribution in [2.75, 3.05) is 20.7 Å². The molecule has 1 aromatic heterocycles. The summed E-state index contributed by atoms with van der Waals surface area (Å²) in [6.07, 6.45) is -1.10. The maximum atomic E-state index is 10.8. The highest BCUT2D eigenvalue weighted by Crippen LogP contribution is 2.28. The van der Waals surface area contributed by atoms with E-state index in [0.717, 1.165) is 6.07 Å². The Labute approximate surface area is 103 Å². The molecular formula is C10H15N3O5. The van der Waals surface area contributed by atoms with Gasteiger partial charge in [0.2, 0.25) is 0 Å². The minimum atomic E-state index is -1.26. The van der Waals surface area contributed by atoms with Gasteiger partial charge in [-0.3, -0.25) is 10.1 Å². The third-order valence-electron chi connectivity index (χ3n) is 2.36. The number of aliphatic hydroxyl groups is 2. The van der Waals surface area contributed by atoms with Crippen molar-refractivity contribution in [1.82, 2.24) is 10.3 Å². The van der Waals surface area contributed by atoms with E-state index in [0.29, 0.717) is 0 Å². The zero-order chi connectivity index (χ0) is 13.7. The summed E-state index contributed by atoms with van der Waals surface area (Å²) in [5, 5.41) is 32.9. The van der Waals surface area contributed by atoms with Crippen LogP contribution in [0.15, 0.2) is 12.3 Å². The van der Waals surface area contributed by atoms with Gasteiger partial charge in [0.15, 0.2) is 0 Å². The molecule has 0 amide bonds. The van der Waals surface area contributed by atoms with Gasteiger partial charge < -0.3 is 20.3 Å². The maximum absolute atomic E-state index is 10.8. The van der Waals surface area contributed by atoms with E-state index in [1.807, 2.05) is 0 Å². The van der Waals surface area contributed by atoms with Crippen molar-refractivity contribution in [3.63, 3.8) is 0 Å². The molecule has 0 aliphatic rings. The van der Waals surface area contributed by atoms with Crippen LogP contribution in [0.1, 0.15) is 11.7 Å². The number of aromatic nitrogens is 1. The van der Waals surface area contributed by atoms with Crippen LogP contribution < -0.4 is 10.1 Å². The van der Waals surface area contributed by atoms with Crippen molar-refractivity contribution >= 4 is 5.69 Å². The second-order valence-electron chi connectivity index (χ2n) is 3.62. The number of nitrogens with zero attached hydrogens (tertiary/aromatic N) is 2. The molecule has 1 aromatic rings. The van der Waals surface area contributed by atoms with Gasteiger partial charge in [0.1, 0.15) is 6.10 Å². The number of hydrogen-bond acceptors (Lipinski definition) is 7. The molecule has 100 valence electrons. The third kappa shape index (κ3) is 3.13. The molecule has 18 heavy (non-hydrogen) atoms. The molecule has 8 heteroatoms. The normalized spacial score (nSPS) is 14.0. The van der Waals surface area contributed by atoms with Crippen molar-refractivity contribution in [2.24, 2.45) is 0 Å². The lowest BCUT2D eigenvalue weighted by Gasteiger charge is -2.17. The number of rotatable bonds is 6. The molecule has 0 saturated carbocycles. The number of nitrogens with one attached hydrogen (secondary N) is 1. The number of pyridine rings is 1. The molecule has 0 bridgehead atoms. The van der Waals surface area contributed by atoms with E-state index >= 15 is 0 Å². The smallest absolute Gasteiger partial charge is 0.331 e. The second kappa shape index (κ2) is 6.24. The Hall–Kier alpha value is -1.77. The molecule has 1 heterocycles. The summed E-state index contributed by atoms with van der Waals surface area (Å²) in [6, 6.07) is 1.13. The van der Waals surface area contributed by atoms with E-state index in [2.05, 4.69) is 10.3 Å². The number of nitro groups is 1. The number of aliphatic hydroxyl groups excluding tert-OH is 2.